The van der Waals surface area contributed by atoms with E-state index < -0.39 is 0 Å². The number of aryl methyl sites for hydroxylation is 2. The number of hydrogen-bond donors (Lipinski definition) is 1. The molecule has 1 aliphatic rings. The maximum Gasteiger partial charge on any atom is 0.262 e. The Kier molecular flexibility index (Phi) is 4.03. The molecule has 0 aromatic carbocycles. The van der Waals surface area contributed by atoms with Gasteiger partial charge in [0, 0.05) is 44.0 Å². The number of rotatable bonds is 3. The lowest BCUT2D eigenvalue weighted by molar-refractivity contribution is -0.132. The number of aromatic nitrogens is 2. The van der Waals surface area contributed by atoms with Gasteiger partial charge in [-0.15, -0.1) is 11.3 Å². The molecule has 0 spiro atoms. The number of nitrogens with zero attached hydrogens (tertiary/aromatic N) is 3. The van der Waals surface area contributed by atoms with Gasteiger partial charge in [-0.2, -0.15) is 0 Å². The smallest absolute Gasteiger partial charge is 0.262 e. The Morgan fingerprint density at radius 3 is 2.95 bits per heavy atom. The number of carbonyl (C=O) groups excluding carboxylic acids is 1. The van der Waals surface area contributed by atoms with Crippen molar-refractivity contribution in [2.45, 2.75) is 19.9 Å². The normalized spacial score (nSPS) is 15.6. The van der Waals surface area contributed by atoms with Crippen LogP contribution in [0.5, 0.6) is 0 Å². The minimum atomic E-state index is -0.0579. The molecule has 1 N–H and O–H groups in total. The molecular formula is C14H18N4O2S. The SMILES string of the molecule is Cc1cc2c(=O)n(CCC(=O)N3CCNCC3)cnc2s1. The van der Waals surface area contributed by atoms with Crippen molar-refractivity contribution < 1.29 is 4.79 Å². The third-order valence-electron chi connectivity index (χ3n) is 3.68. The Balaban J connectivity index is 1.71. The summed E-state index contributed by atoms with van der Waals surface area (Å²) in [6.45, 7) is 5.52. The first-order valence-electron chi connectivity index (χ1n) is 7.09. The molecule has 6 nitrogen and oxygen atoms in total. The van der Waals surface area contributed by atoms with Crippen LogP contribution < -0.4 is 10.9 Å². The minimum absolute atomic E-state index is 0.0579. The van der Waals surface area contributed by atoms with Gasteiger partial charge < -0.3 is 10.2 Å². The molecule has 1 aliphatic heterocycles. The summed E-state index contributed by atoms with van der Waals surface area (Å²) < 4.78 is 1.54. The van der Waals surface area contributed by atoms with Crippen LogP contribution in [0.15, 0.2) is 17.2 Å². The van der Waals surface area contributed by atoms with Crippen molar-refractivity contribution in [3.05, 3.63) is 27.6 Å². The summed E-state index contributed by atoms with van der Waals surface area (Å²) in [6.07, 6.45) is 1.89. The molecule has 0 atom stereocenters. The van der Waals surface area contributed by atoms with Crippen molar-refractivity contribution in [3.63, 3.8) is 0 Å². The number of piperazine rings is 1. The van der Waals surface area contributed by atoms with Gasteiger partial charge >= 0.3 is 0 Å². The molecule has 1 saturated heterocycles. The molecule has 0 radical (unpaired) electrons. The minimum Gasteiger partial charge on any atom is -0.340 e. The van der Waals surface area contributed by atoms with Gasteiger partial charge in [0.1, 0.15) is 4.83 Å². The third-order valence-corrected chi connectivity index (χ3v) is 4.64. The van der Waals surface area contributed by atoms with E-state index in [2.05, 4.69) is 10.3 Å². The van der Waals surface area contributed by atoms with E-state index in [1.807, 2.05) is 17.9 Å². The summed E-state index contributed by atoms with van der Waals surface area (Å²) in [5.41, 5.74) is -0.0579. The number of hydrogen-bond acceptors (Lipinski definition) is 5. The zero-order valence-corrected chi connectivity index (χ0v) is 12.8. The molecule has 112 valence electrons. The third kappa shape index (κ3) is 2.98. The highest BCUT2D eigenvalue weighted by atomic mass is 32.1. The molecule has 3 heterocycles. The Labute approximate surface area is 126 Å². The quantitative estimate of drug-likeness (QED) is 0.901. The molecule has 1 amide bonds. The Morgan fingerprint density at radius 2 is 2.19 bits per heavy atom. The van der Waals surface area contributed by atoms with Crippen LogP contribution in [0.1, 0.15) is 11.3 Å². The average Bonchev–Trinajstić information content (AvgIpc) is 2.89. The molecule has 2 aromatic heterocycles. The number of thiophene rings is 1. The summed E-state index contributed by atoms with van der Waals surface area (Å²) >= 11 is 1.52. The van der Waals surface area contributed by atoms with Crippen molar-refractivity contribution in [2.75, 3.05) is 26.2 Å². The van der Waals surface area contributed by atoms with E-state index in [1.165, 1.54) is 15.9 Å². The second-order valence-electron chi connectivity index (χ2n) is 5.20. The summed E-state index contributed by atoms with van der Waals surface area (Å²) in [6, 6.07) is 1.87. The van der Waals surface area contributed by atoms with Crippen LogP contribution in [-0.4, -0.2) is 46.5 Å². The molecule has 21 heavy (non-hydrogen) atoms. The van der Waals surface area contributed by atoms with Gasteiger partial charge in [0.05, 0.1) is 11.7 Å². The van der Waals surface area contributed by atoms with E-state index in [-0.39, 0.29) is 11.5 Å². The molecule has 0 unspecified atom stereocenters. The van der Waals surface area contributed by atoms with E-state index in [9.17, 15) is 9.59 Å². The average molecular weight is 306 g/mol. The number of carbonyl (C=O) groups is 1. The Morgan fingerprint density at radius 1 is 1.43 bits per heavy atom. The van der Waals surface area contributed by atoms with E-state index in [0.29, 0.717) is 18.4 Å². The summed E-state index contributed by atoms with van der Waals surface area (Å²) in [7, 11) is 0. The second kappa shape index (κ2) is 5.95. The Hall–Kier alpha value is -1.73. The van der Waals surface area contributed by atoms with Gasteiger partial charge in [0.25, 0.3) is 5.56 Å². The van der Waals surface area contributed by atoms with Crippen LogP contribution in [-0.2, 0) is 11.3 Å². The highest BCUT2D eigenvalue weighted by Crippen LogP contribution is 2.19. The van der Waals surface area contributed by atoms with Crippen LogP contribution in [0.2, 0.25) is 0 Å². The van der Waals surface area contributed by atoms with Gasteiger partial charge in [0.15, 0.2) is 0 Å². The van der Waals surface area contributed by atoms with Crippen LogP contribution in [0, 0.1) is 6.92 Å². The van der Waals surface area contributed by atoms with Crippen LogP contribution in [0.3, 0.4) is 0 Å². The van der Waals surface area contributed by atoms with E-state index >= 15 is 0 Å². The van der Waals surface area contributed by atoms with Gasteiger partial charge in [-0.3, -0.25) is 14.2 Å². The fourth-order valence-electron chi connectivity index (χ4n) is 2.53. The first-order chi connectivity index (χ1) is 10.1. The largest absolute Gasteiger partial charge is 0.340 e. The molecule has 0 aliphatic carbocycles. The van der Waals surface area contributed by atoms with Crippen molar-refractivity contribution >= 4 is 27.5 Å². The molecular weight excluding hydrogens is 288 g/mol. The second-order valence-corrected chi connectivity index (χ2v) is 6.43. The molecule has 2 aromatic rings. The standard InChI is InChI=1S/C14H18N4O2S/c1-10-8-11-13(21-10)16-9-18(14(11)20)5-2-12(19)17-6-3-15-4-7-17/h8-9,15H,2-7H2,1H3. The van der Waals surface area contributed by atoms with E-state index in [0.717, 1.165) is 35.9 Å². The molecule has 1 fully saturated rings. The maximum absolute atomic E-state index is 12.3. The van der Waals surface area contributed by atoms with E-state index in [4.69, 9.17) is 0 Å². The number of amides is 1. The molecule has 3 rings (SSSR count). The predicted molar refractivity (Wildman–Crippen MR) is 82.7 cm³/mol. The molecule has 7 heteroatoms. The van der Waals surface area contributed by atoms with Crippen molar-refractivity contribution in [1.82, 2.24) is 19.8 Å². The number of fused-ring (bicyclic) bond motifs is 1. The first-order valence-corrected chi connectivity index (χ1v) is 7.91. The fourth-order valence-corrected chi connectivity index (χ4v) is 3.37. The maximum atomic E-state index is 12.3. The summed E-state index contributed by atoms with van der Waals surface area (Å²) in [5, 5.41) is 3.86. The molecule has 0 bridgehead atoms. The highest BCUT2D eigenvalue weighted by molar-refractivity contribution is 7.18. The zero-order chi connectivity index (χ0) is 14.8. The van der Waals surface area contributed by atoms with Crippen LogP contribution in [0.4, 0.5) is 0 Å². The zero-order valence-electron chi connectivity index (χ0n) is 12.0. The monoisotopic (exact) mass is 306 g/mol. The summed E-state index contributed by atoms with van der Waals surface area (Å²) in [5.74, 6) is 0.102. The Bertz CT molecular complexity index is 715. The van der Waals surface area contributed by atoms with Crippen LogP contribution >= 0.6 is 11.3 Å². The lowest BCUT2D eigenvalue weighted by Crippen LogP contribution is -2.46. The van der Waals surface area contributed by atoms with Gasteiger partial charge in [-0.25, -0.2) is 4.98 Å². The topological polar surface area (TPSA) is 67.2 Å². The van der Waals surface area contributed by atoms with Crippen molar-refractivity contribution in [2.24, 2.45) is 0 Å². The molecule has 0 saturated carbocycles. The fraction of sp³-hybridized carbons (Fsp3) is 0.500. The first kappa shape index (κ1) is 14.2. The highest BCUT2D eigenvalue weighted by Gasteiger charge is 2.16. The van der Waals surface area contributed by atoms with E-state index in [1.54, 1.807) is 6.33 Å². The van der Waals surface area contributed by atoms with Gasteiger partial charge in [-0.1, -0.05) is 0 Å². The van der Waals surface area contributed by atoms with Gasteiger partial charge in [0.2, 0.25) is 5.91 Å². The number of nitrogens with one attached hydrogen (secondary N) is 1. The van der Waals surface area contributed by atoms with Crippen LogP contribution in [0.25, 0.3) is 10.2 Å². The van der Waals surface area contributed by atoms with Crippen molar-refractivity contribution in [3.8, 4) is 0 Å². The van der Waals surface area contributed by atoms with Gasteiger partial charge in [-0.05, 0) is 13.0 Å². The lowest BCUT2D eigenvalue weighted by atomic mass is 10.3. The lowest BCUT2D eigenvalue weighted by Gasteiger charge is -2.27. The predicted octanol–water partition coefficient (Wildman–Crippen LogP) is 0.588. The summed E-state index contributed by atoms with van der Waals surface area (Å²) in [4.78, 5) is 32.4. The van der Waals surface area contributed by atoms with Crippen molar-refractivity contribution in [1.29, 1.82) is 0 Å².